The molecule has 2 heterocycles. The van der Waals surface area contributed by atoms with E-state index in [0.717, 1.165) is 44.7 Å². The molecule has 0 saturated carbocycles. The van der Waals surface area contributed by atoms with Gasteiger partial charge in [0.15, 0.2) is 0 Å². The SMILES string of the molecule is Cc1ccc(C2CCN(C(=O)Nc3ccc(N4CCC(N(C)C)C4)cc3)CC2)cc1. The van der Waals surface area contributed by atoms with E-state index in [9.17, 15) is 4.79 Å². The topological polar surface area (TPSA) is 38.8 Å². The van der Waals surface area contributed by atoms with E-state index < -0.39 is 0 Å². The molecule has 2 amide bonds. The number of anilines is 2. The molecular formula is C25H34N4O. The summed E-state index contributed by atoms with van der Waals surface area (Å²) in [5, 5.41) is 3.08. The molecule has 2 aromatic rings. The number of nitrogens with one attached hydrogen (secondary N) is 1. The van der Waals surface area contributed by atoms with Crippen LogP contribution in [0.25, 0.3) is 0 Å². The van der Waals surface area contributed by atoms with Crippen molar-refractivity contribution in [3.8, 4) is 0 Å². The molecule has 4 rings (SSSR count). The van der Waals surface area contributed by atoms with Crippen LogP contribution in [-0.4, -0.2) is 62.1 Å². The Morgan fingerprint density at radius 2 is 1.60 bits per heavy atom. The summed E-state index contributed by atoms with van der Waals surface area (Å²) in [6.45, 7) is 5.89. The number of likely N-dealkylation sites (N-methyl/N-ethyl adjacent to an activating group) is 1. The van der Waals surface area contributed by atoms with Crippen molar-refractivity contribution in [1.29, 1.82) is 0 Å². The summed E-state index contributed by atoms with van der Waals surface area (Å²) in [4.78, 5) is 19.4. The lowest BCUT2D eigenvalue weighted by atomic mass is 9.89. The van der Waals surface area contributed by atoms with Gasteiger partial charge in [0.1, 0.15) is 0 Å². The minimum atomic E-state index is 0.0129. The van der Waals surface area contributed by atoms with Gasteiger partial charge in [-0.05, 0) is 76.0 Å². The Kier molecular flexibility index (Phi) is 6.28. The average Bonchev–Trinajstić information content (AvgIpc) is 3.26. The van der Waals surface area contributed by atoms with Gasteiger partial charge in [0.25, 0.3) is 0 Å². The summed E-state index contributed by atoms with van der Waals surface area (Å²) >= 11 is 0. The number of carbonyl (C=O) groups excluding carboxylic acids is 1. The van der Waals surface area contributed by atoms with Crippen molar-refractivity contribution < 1.29 is 4.79 Å². The number of hydrogen-bond acceptors (Lipinski definition) is 3. The number of nitrogens with zero attached hydrogens (tertiary/aromatic N) is 3. The van der Waals surface area contributed by atoms with Gasteiger partial charge in [0.05, 0.1) is 0 Å². The van der Waals surface area contributed by atoms with Gasteiger partial charge in [-0.1, -0.05) is 29.8 Å². The molecule has 1 unspecified atom stereocenters. The zero-order valence-corrected chi connectivity index (χ0v) is 18.5. The predicted molar refractivity (Wildman–Crippen MR) is 124 cm³/mol. The third kappa shape index (κ3) is 4.78. The molecule has 2 fully saturated rings. The van der Waals surface area contributed by atoms with Crippen LogP contribution in [0.15, 0.2) is 48.5 Å². The van der Waals surface area contributed by atoms with Crippen molar-refractivity contribution in [3.63, 3.8) is 0 Å². The molecule has 2 saturated heterocycles. The highest BCUT2D eigenvalue weighted by Gasteiger charge is 2.25. The summed E-state index contributed by atoms with van der Waals surface area (Å²) in [5.41, 5.74) is 4.79. The van der Waals surface area contributed by atoms with Gasteiger partial charge >= 0.3 is 6.03 Å². The minimum absolute atomic E-state index is 0.0129. The maximum atomic E-state index is 12.7. The molecule has 1 N–H and O–H groups in total. The number of benzene rings is 2. The molecule has 5 heteroatoms. The smallest absolute Gasteiger partial charge is 0.321 e. The Labute approximate surface area is 180 Å². The first-order valence-electron chi connectivity index (χ1n) is 11.1. The van der Waals surface area contributed by atoms with E-state index in [4.69, 9.17) is 0 Å². The average molecular weight is 407 g/mol. The van der Waals surface area contributed by atoms with E-state index in [1.165, 1.54) is 23.2 Å². The monoisotopic (exact) mass is 406 g/mol. The van der Waals surface area contributed by atoms with Crippen molar-refractivity contribution in [2.45, 2.75) is 38.1 Å². The van der Waals surface area contributed by atoms with Crippen LogP contribution in [0, 0.1) is 6.92 Å². The summed E-state index contributed by atoms with van der Waals surface area (Å²) in [6.07, 6.45) is 3.25. The molecule has 0 spiro atoms. The fourth-order valence-corrected chi connectivity index (χ4v) is 4.61. The summed E-state index contributed by atoms with van der Waals surface area (Å²) in [7, 11) is 4.30. The highest BCUT2D eigenvalue weighted by molar-refractivity contribution is 5.89. The van der Waals surface area contributed by atoms with Gasteiger partial charge in [-0.2, -0.15) is 0 Å². The summed E-state index contributed by atoms with van der Waals surface area (Å²) in [6, 6.07) is 17.8. The number of urea groups is 1. The summed E-state index contributed by atoms with van der Waals surface area (Å²) < 4.78 is 0. The lowest BCUT2D eigenvalue weighted by Gasteiger charge is -2.32. The molecular weight excluding hydrogens is 372 g/mol. The van der Waals surface area contributed by atoms with Gasteiger partial charge in [-0.25, -0.2) is 4.79 Å². The minimum Gasteiger partial charge on any atom is -0.370 e. The molecule has 160 valence electrons. The molecule has 0 bridgehead atoms. The standard InChI is InChI=1S/C25H34N4O/c1-19-4-6-20(7-5-19)21-12-15-28(16-13-21)25(30)26-22-8-10-23(11-9-22)29-17-14-24(18-29)27(2)3/h4-11,21,24H,12-18H2,1-3H3,(H,26,30). The van der Waals surface area contributed by atoms with Crippen LogP contribution < -0.4 is 10.2 Å². The molecule has 1 atom stereocenters. The molecule has 2 aliphatic rings. The first-order valence-corrected chi connectivity index (χ1v) is 11.1. The third-order valence-corrected chi connectivity index (χ3v) is 6.71. The lowest BCUT2D eigenvalue weighted by molar-refractivity contribution is 0.194. The van der Waals surface area contributed by atoms with Crippen LogP contribution >= 0.6 is 0 Å². The normalized spacial score (nSPS) is 20.1. The van der Waals surface area contributed by atoms with E-state index in [1.807, 2.05) is 17.0 Å². The third-order valence-electron chi connectivity index (χ3n) is 6.71. The van der Waals surface area contributed by atoms with E-state index in [0.29, 0.717) is 12.0 Å². The molecule has 2 aliphatic heterocycles. The van der Waals surface area contributed by atoms with Crippen LogP contribution in [0.1, 0.15) is 36.3 Å². The van der Waals surface area contributed by atoms with E-state index in [1.54, 1.807) is 0 Å². The maximum absolute atomic E-state index is 12.7. The Balaban J connectivity index is 1.28. The molecule has 0 radical (unpaired) electrons. The zero-order chi connectivity index (χ0) is 21.1. The molecule has 30 heavy (non-hydrogen) atoms. The Morgan fingerprint density at radius 1 is 0.933 bits per heavy atom. The second-order valence-corrected chi connectivity index (χ2v) is 9.00. The predicted octanol–water partition coefficient (Wildman–Crippen LogP) is 4.55. The number of carbonyl (C=O) groups is 1. The Morgan fingerprint density at radius 3 is 2.20 bits per heavy atom. The maximum Gasteiger partial charge on any atom is 0.321 e. The number of piperidine rings is 1. The fourth-order valence-electron chi connectivity index (χ4n) is 4.61. The fraction of sp³-hybridized carbons (Fsp3) is 0.480. The van der Waals surface area contributed by atoms with Crippen molar-refractivity contribution in [2.75, 3.05) is 50.5 Å². The van der Waals surface area contributed by atoms with Gasteiger partial charge in [-0.3, -0.25) is 0 Å². The Hall–Kier alpha value is -2.53. The van der Waals surface area contributed by atoms with Gasteiger partial charge in [0, 0.05) is 43.6 Å². The van der Waals surface area contributed by atoms with Crippen molar-refractivity contribution in [2.24, 2.45) is 0 Å². The lowest BCUT2D eigenvalue weighted by Crippen LogP contribution is -2.40. The van der Waals surface area contributed by atoms with Crippen molar-refractivity contribution >= 4 is 17.4 Å². The van der Waals surface area contributed by atoms with E-state index in [-0.39, 0.29) is 6.03 Å². The molecule has 2 aromatic carbocycles. The number of amides is 2. The quantitative estimate of drug-likeness (QED) is 0.810. The van der Waals surface area contributed by atoms with Crippen molar-refractivity contribution in [1.82, 2.24) is 9.80 Å². The number of hydrogen-bond donors (Lipinski definition) is 1. The van der Waals surface area contributed by atoms with Crippen LogP contribution in [0.5, 0.6) is 0 Å². The van der Waals surface area contributed by atoms with Crippen LogP contribution in [-0.2, 0) is 0 Å². The number of aryl methyl sites for hydroxylation is 1. The summed E-state index contributed by atoms with van der Waals surface area (Å²) in [5.74, 6) is 0.556. The molecule has 5 nitrogen and oxygen atoms in total. The Bertz CT molecular complexity index is 838. The van der Waals surface area contributed by atoms with Crippen molar-refractivity contribution in [3.05, 3.63) is 59.7 Å². The van der Waals surface area contributed by atoms with Gasteiger partial charge < -0.3 is 20.0 Å². The zero-order valence-electron chi connectivity index (χ0n) is 18.5. The van der Waals surface area contributed by atoms with Crippen LogP contribution in [0.3, 0.4) is 0 Å². The second kappa shape index (κ2) is 9.09. The van der Waals surface area contributed by atoms with E-state index in [2.05, 4.69) is 72.5 Å². The van der Waals surface area contributed by atoms with E-state index >= 15 is 0 Å². The largest absolute Gasteiger partial charge is 0.370 e. The first-order chi connectivity index (χ1) is 14.5. The second-order valence-electron chi connectivity index (χ2n) is 9.00. The van der Waals surface area contributed by atoms with Gasteiger partial charge in [-0.15, -0.1) is 0 Å². The van der Waals surface area contributed by atoms with Crippen LogP contribution in [0.4, 0.5) is 16.2 Å². The number of rotatable bonds is 4. The first kappa shape index (κ1) is 20.7. The number of likely N-dealkylation sites (tertiary alicyclic amines) is 1. The van der Waals surface area contributed by atoms with Gasteiger partial charge in [0.2, 0.25) is 0 Å². The highest BCUT2D eigenvalue weighted by atomic mass is 16.2. The van der Waals surface area contributed by atoms with Crippen LogP contribution in [0.2, 0.25) is 0 Å². The highest BCUT2D eigenvalue weighted by Crippen LogP contribution is 2.29. The molecule has 0 aliphatic carbocycles. The molecule has 0 aromatic heterocycles.